The Morgan fingerprint density at radius 1 is 0.542 bits per heavy atom. The van der Waals surface area contributed by atoms with Gasteiger partial charge < -0.3 is 4.98 Å². The topological polar surface area (TPSA) is 51.4 Å². The van der Waals surface area contributed by atoms with Gasteiger partial charge in [0, 0.05) is 50.1 Å². The SMILES string of the molecule is Cc1ccc2[nH]c3c(-c4nc5c(-c6ccc7c8ccccc8n(-c8ccccn8)c7c6)cccc5n4-c4ccccc4)cccc3c2c1. The molecule has 0 aliphatic carbocycles. The Morgan fingerprint density at radius 2 is 1.31 bits per heavy atom. The highest BCUT2D eigenvalue weighted by Gasteiger charge is 2.21. The Morgan fingerprint density at radius 3 is 2.21 bits per heavy atom. The number of hydrogen-bond acceptors (Lipinski definition) is 2. The zero-order valence-electron chi connectivity index (χ0n) is 26.2. The molecule has 0 saturated heterocycles. The molecule has 4 aromatic heterocycles. The first-order chi connectivity index (χ1) is 23.7. The average molecular weight is 616 g/mol. The fourth-order valence-corrected chi connectivity index (χ4v) is 7.44. The van der Waals surface area contributed by atoms with E-state index in [-0.39, 0.29) is 0 Å². The number of rotatable bonds is 4. The van der Waals surface area contributed by atoms with Crippen molar-refractivity contribution in [3.63, 3.8) is 0 Å². The lowest BCUT2D eigenvalue weighted by molar-refractivity contribution is 1.08. The molecule has 0 aliphatic heterocycles. The summed E-state index contributed by atoms with van der Waals surface area (Å²) in [4.78, 5) is 14.0. The number of nitrogens with zero attached hydrogens (tertiary/aromatic N) is 4. The largest absolute Gasteiger partial charge is 0.354 e. The van der Waals surface area contributed by atoms with Crippen LogP contribution in [0.2, 0.25) is 0 Å². The summed E-state index contributed by atoms with van der Waals surface area (Å²) in [6.07, 6.45) is 1.85. The number of aromatic amines is 1. The molecule has 4 heterocycles. The van der Waals surface area contributed by atoms with Crippen LogP contribution in [0.3, 0.4) is 0 Å². The highest BCUT2D eigenvalue weighted by molar-refractivity contribution is 6.13. The number of benzene rings is 6. The molecular formula is C43H29N5. The van der Waals surface area contributed by atoms with E-state index in [2.05, 4.69) is 155 Å². The fourth-order valence-electron chi connectivity index (χ4n) is 7.44. The molecule has 0 aliphatic rings. The predicted molar refractivity (Wildman–Crippen MR) is 198 cm³/mol. The van der Waals surface area contributed by atoms with Gasteiger partial charge in [-0.25, -0.2) is 9.97 Å². The normalized spacial score (nSPS) is 11.9. The Hall–Kier alpha value is -6.46. The van der Waals surface area contributed by atoms with Gasteiger partial charge in [-0.1, -0.05) is 90.5 Å². The standard InChI is InChI=1S/C43H29N5/c1-27-20-23-36-35(25-27)33-15-9-16-34(41(33)45-36)43-46-42-30(14-10-18-38(42)47(43)29-11-3-2-4-12-29)28-21-22-32-31-13-5-6-17-37(31)48(39(32)26-28)40-19-7-8-24-44-40/h2-26,45H,1H3. The molecule has 5 heteroatoms. The molecule has 5 nitrogen and oxygen atoms in total. The van der Waals surface area contributed by atoms with E-state index < -0.39 is 0 Å². The molecule has 10 rings (SSSR count). The highest BCUT2D eigenvalue weighted by Crippen LogP contribution is 2.40. The van der Waals surface area contributed by atoms with Crippen molar-refractivity contribution in [3.8, 4) is 34.0 Å². The van der Waals surface area contributed by atoms with Crippen LogP contribution in [0, 0.1) is 6.92 Å². The van der Waals surface area contributed by atoms with Crippen molar-refractivity contribution in [1.29, 1.82) is 0 Å². The van der Waals surface area contributed by atoms with Gasteiger partial charge in [-0.05, 0) is 73.2 Å². The number of nitrogens with one attached hydrogen (secondary N) is 1. The Balaban J connectivity index is 1.26. The molecule has 0 fully saturated rings. The lowest BCUT2D eigenvalue weighted by Crippen LogP contribution is -1.97. The second kappa shape index (κ2) is 10.3. The van der Waals surface area contributed by atoms with E-state index in [1.807, 2.05) is 18.3 Å². The first-order valence-electron chi connectivity index (χ1n) is 16.3. The number of H-pyrrole nitrogens is 1. The molecule has 0 unspecified atom stereocenters. The molecule has 6 aromatic carbocycles. The van der Waals surface area contributed by atoms with Crippen LogP contribution in [0.4, 0.5) is 0 Å². The third-order valence-electron chi connectivity index (χ3n) is 9.59. The highest BCUT2D eigenvalue weighted by atomic mass is 15.1. The average Bonchev–Trinajstić information content (AvgIpc) is 3.81. The molecule has 0 atom stereocenters. The fraction of sp³-hybridized carbons (Fsp3) is 0.0233. The lowest BCUT2D eigenvalue weighted by atomic mass is 10.0. The maximum Gasteiger partial charge on any atom is 0.147 e. The molecule has 0 bridgehead atoms. The van der Waals surface area contributed by atoms with Gasteiger partial charge in [-0.2, -0.15) is 0 Å². The summed E-state index contributed by atoms with van der Waals surface area (Å²) in [5.41, 5.74) is 12.1. The molecular weight excluding hydrogens is 587 g/mol. The van der Waals surface area contributed by atoms with Crippen LogP contribution in [0.15, 0.2) is 152 Å². The molecule has 0 saturated carbocycles. The molecule has 0 amide bonds. The number of hydrogen-bond donors (Lipinski definition) is 1. The van der Waals surface area contributed by atoms with Crippen molar-refractivity contribution in [2.45, 2.75) is 6.92 Å². The molecule has 0 spiro atoms. The van der Waals surface area contributed by atoms with Gasteiger partial charge in [0.25, 0.3) is 0 Å². The number of pyridine rings is 1. The molecule has 1 N–H and O–H groups in total. The van der Waals surface area contributed by atoms with Gasteiger partial charge in [0.15, 0.2) is 0 Å². The van der Waals surface area contributed by atoms with Crippen LogP contribution >= 0.6 is 0 Å². The number of aryl methyl sites for hydroxylation is 1. The van der Waals surface area contributed by atoms with Gasteiger partial charge in [-0.3, -0.25) is 9.13 Å². The Labute approximate surface area is 276 Å². The van der Waals surface area contributed by atoms with E-state index in [0.29, 0.717) is 0 Å². The van der Waals surface area contributed by atoms with E-state index in [9.17, 15) is 0 Å². The van der Waals surface area contributed by atoms with E-state index in [1.54, 1.807) is 0 Å². The predicted octanol–water partition coefficient (Wildman–Crippen LogP) is 10.8. The summed E-state index contributed by atoms with van der Waals surface area (Å²) >= 11 is 0. The van der Waals surface area contributed by atoms with Crippen molar-refractivity contribution in [2.24, 2.45) is 0 Å². The second-order valence-corrected chi connectivity index (χ2v) is 12.5. The third-order valence-corrected chi connectivity index (χ3v) is 9.59. The van der Waals surface area contributed by atoms with Gasteiger partial charge in [-0.15, -0.1) is 0 Å². The molecule has 226 valence electrons. The van der Waals surface area contributed by atoms with E-state index in [0.717, 1.165) is 67.1 Å². The van der Waals surface area contributed by atoms with Crippen LogP contribution in [0.25, 0.3) is 88.7 Å². The summed E-state index contributed by atoms with van der Waals surface area (Å²) in [6, 6.07) is 51.6. The van der Waals surface area contributed by atoms with Gasteiger partial charge in [0.1, 0.15) is 11.6 Å². The van der Waals surface area contributed by atoms with Crippen LogP contribution < -0.4 is 0 Å². The van der Waals surface area contributed by atoms with Crippen LogP contribution in [0.5, 0.6) is 0 Å². The van der Waals surface area contributed by atoms with E-state index in [1.165, 1.54) is 27.1 Å². The number of imidazole rings is 1. The van der Waals surface area contributed by atoms with Crippen LogP contribution in [-0.2, 0) is 0 Å². The maximum absolute atomic E-state index is 5.50. The Kier molecular flexibility index (Phi) is 5.72. The summed E-state index contributed by atoms with van der Waals surface area (Å²) in [5.74, 6) is 1.80. The molecule has 48 heavy (non-hydrogen) atoms. The van der Waals surface area contributed by atoms with Gasteiger partial charge >= 0.3 is 0 Å². The van der Waals surface area contributed by atoms with Gasteiger partial charge in [0.2, 0.25) is 0 Å². The Bertz CT molecular complexity index is 2840. The quantitative estimate of drug-likeness (QED) is 0.214. The molecule has 10 aromatic rings. The smallest absolute Gasteiger partial charge is 0.147 e. The van der Waals surface area contributed by atoms with Crippen molar-refractivity contribution < 1.29 is 0 Å². The van der Waals surface area contributed by atoms with Gasteiger partial charge in [0.05, 0.1) is 27.6 Å². The summed E-state index contributed by atoms with van der Waals surface area (Å²) in [7, 11) is 0. The summed E-state index contributed by atoms with van der Waals surface area (Å²) in [6.45, 7) is 2.14. The third kappa shape index (κ3) is 3.91. The van der Waals surface area contributed by atoms with E-state index >= 15 is 0 Å². The monoisotopic (exact) mass is 615 g/mol. The van der Waals surface area contributed by atoms with Crippen molar-refractivity contribution in [1.82, 2.24) is 24.1 Å². The lowest BCUT2D eigenvalue weighted by Gasteiger charge is -2.11. The van der Waals surface area contributed by atoms with E-state index in [4.69, 9.17) is 9.97 Å². The minimum absolute atomic E-state index is 0.899. The van der Waals surface area contributed by atoms with Crippen molar-refractivity contribution in [3.05, 3.63) is 157 Å². The number of aromatic nitrogens is 5. The minimum Gasteiger partial charge on any atom is -0.354 e. The maximum atomic E-state index is 5.50. The first kappa shape index (κ1) is 26.7. The van der Waals surface area contributed by atoms with Crippen molar-refractivity contribution in [2.75, 3.05) is 0 Å². The minimum atomic E-state index is 0.899. The zero-order valence-corrected chi connectivity index (χ0v) is 26.2. The zero-order chi connectivity index (χ0) is 31.8. The number of para-hydroxylation sites is 4. The van der Waals surface area contributed by atoms with Crippen LogP contribution in [-0.4, -0.2) is 24.1 Å². The number of fused-ring (bicyclic) bond motifs is 7. The molecule has 0 radical (unpaired) electrons. The second-order valence-electron chi connectivity index (χ2n) is 12.5. The van der Waals surface area contributed by atoms with Crippen molar-refractivity contribution >= 4 is 54.6 Å². The summed E-state index contributed by atoms with van der Waals surface area (Å²) < 4.78 is 4.56. The summed E-state index contributed by atoms with van der Waals surface area (Å²) in [5, 5.41) is 4.83. The van der Waals surface area contributed by atoms with Crippen LogP contribution in [0.1, 0.15) is 5.56 Å². The first-order valence-corrected chi connectivity index (χ1v) is 16.3.